The summed E-state index contributed by atoms with van der Waals surface area (Å²) in [7, 11) is 0. The van der Waals surface area contributed by atoms with Crippen LogP contribution in [0.5, 0.6) is 0 Å². The van der Waals surface area contributed by atoms with E-state index in [1.807, 2.05) is 31.2 Å². The number of esters is 1. The molecule has 1 atom stereocenters. The fourth-order valence-electron chi connectivity index (χ4n) is 1.80. The van der Waals surface area contributed by atoms with Gasteiger partial charge in [-0.3, -0.25) is 4.79 Å². The van der Waals surface area contributed by atoms with Gasteiger partial charge in [0.05, 0.1) is 6.61 Å². The first-order valence-electron chi connectivity index (χ1n) is 6.71. The number of Topliss-reactive ketones (excluding diaryl/α,β-unsaturated/α-hetero) is 1. The van der Waals surface area contributed by atoms with Gasteiger partial charge in [0.2, 0.25) is 0 Å². The molecular formula is C16H21NO3. The predicted molar refractivity (Wildman–Crippen MR) is 79.7 cm³/mol. The lowest BCUT2D eigenvalue weighted by Gasteiger charge is -2.20. The van der Waals surface area contributed by atoms with Gasteiger partial charge in [-0.1, -0.05) is 25.6 Å². The van der Waals surface area contributed by atoms with Crippen LogP contribution in [0.4, 0.5) is 5.69 Å². The zero-order valence-electron chi connectivity index (χ0n) is 12.2. The summed E-state index contributed by atoms with van der Waals surface area (Å²) < 4.78 is 5.01. The second-order valence-electron chi connectivity index (χ2n) is 4.50. The normalized spacial score (nSPS) is 11.6. The third-order valence-electron chi connectivity index (χ3n) is 2.88. The van der Waals surface area contributed by atoms with Gasteiger partial charge < -0.3 is 10.1 Å². The summed E-state index contributed by atoms with van der Waals surface area (Å²) in [6.07, 6.45) is 0.310. The van der Waals surface area contributed by atoms with E-state index in [0.717, 1.165) is 11.3 Å². The molecule has 1 N–H and O–H groups in total. The number of rotatable bonds is 7. The first kappa shape index (κ1) is 16.0. The summed E-state index contributed by atoms with van der Waals surface area (Å²) in [6, 6.07) is 6.73. The SMILES string of the molecule is C=C(C(=O)CC)C(Nc1cccc(C)c1)C(=O)OCC. The fraction of sp³-hybridized carbons (Fsp3) is 0.375. The maximum atomic E-state index is 12.0. The number of carbonyl (C=O) groups is 2. The van der Waals surface area contributed by atoms with Gasteiger partial charge in [0.25, 0.3) is 0 Å². The van der Waals surface area contributed by atoms with E-state index in [-0.39, 0.29) is 18.0 Å². The molecule has 0 spiro atoms. The lowest BCUT2D eigenvalue weighted by atomic mass is 10.0. The van der Waals surface area contributed by atoms with E-state index in [9.17, 15) is 9.59 Å². The number of carbonyl (C=O) groups excluding carboxylic acids is 2. The van der Waals surface area contributed by atoms with Gasteiger partial charge >= 0.3 is 5.97 Å². The Morgan fingerprint density at radius 3 is 2.60 bits per heavy atom. The van der Waals surface area contributed by atoms with E-state index in [0.29, 0.717) is 6.42 Å². The van der Waals surface area contributed by atoms with Crippen molar-refractivity contribution in [2.45, 2.75) is 33.2 Å². The molecule has 0 fully saturated rings. The molecule has 0 heterocycles. The van der Waals surface area contributed by atoms with Crippen LogP contribution in [-0.4, -0.2) is 24.4 Å². The molecule has 4 heteroatoms. The molecule has 0 aliphatic rings. The first-order valence-corrected chi connectivity index (χ1v) is 6.71. The fourth-order valence-corrected chi connectivity index (χ4v) is 1.80. The Labute approximate surface area is 119 Å². The summed E-state index contributed by atoms with van der Waals surface area (Å²) >= 11 is 0. The Kier molecular flexibility index (Phi) is 5.97. The quantitative estimate of drug-likeness (QED) is 0.614. The van der Waals surface area contributed by atoms with Crippen molar-refractivity contribution in [3.63, 3.8) is 0 Å². The minimum absolute atomic E-state index is 0.150. The highest BCUT2D eigenvalue weighted by atomic mass is 16.5. The zero-order valence-corrected chi connectivity index (χ0v) is 12.2. The Morgan fingerprint density at radius 1 is 1.35 bits per heavy atom. The van der Waals surface area contributed by atoms with Crippen molar-refractivity contribution < 1.29 is 14.3 Å². The molecule has 0 aliphatic carbocycles. The number of hydrogen-bond donors (Lipinski definition) is 1. The Bertz CT molecular complexity index is 508. The highest BCUT2D eigenvalue weighted by molar-refractivity contribution is 6.02. The van der Waals surface area contributed by atoms with Crippen molar-refractivity contribution in [3.8, 4) is 0 Å². The largest absolute Gasteiger partial charge is 0.464 e. The molecule has 1 rings (SSSR count). The minimum atomic E-state index is -0.843. The van der Waals surface area contributed by atoms with Crippen molar-refractivity contribution in [1.82, 2.24) is 0 Å². The van der Waals surface area contributed by atoms with Crippen LogP contribution in [0.15, 0.2) is 36.4 Å². The van der Waals surface area contributed by atoms with Gasteiger partial charge in [-0.05, 0) is 31.5 Å². The summed E-state index contributed by atoms with van der Waals surface area (Å²) in [5.41, 5.74) is 2.05. The van der Waals surface area contributed by atoms with Crippen molar-refractivity contribution in [1.29, 1.82) is 0 Å². The van der Waals surface area contributed by atoms with Crippen LogP contribution < -0.4 is 5.32 Å². The molecule has 0 aromatic heterocycles. The second kappa shape index (κ2) is 7.48. The van der Waals surface area contributed by atoms with Gasteiger partial charge in [0.1, 0.15) is 0 Å². The average Bonchev–Trinajstić information content (AvgIpc) is 2.43. The molecule has 1 unspecified atom stereocenters. The molecule has 0 bridgehead atoms. The van der Waals surface area contributed by atoms with Crippen LogP contribution in [-0.2, 0) is 14.3 Å². The zero-order chi connectivity index (χ0) is 15.1. The minimum Gasteiger partial charge on any atom is -0.464 e. The number of benzene rings is 1. The highest BCUT2D eigenvalue weighted by Crippen LogP contribution is 2.16. The molecule has 0 radical (unpaired) electrons. The summed E-state index contributed by atoms with van der Waals surface area (Å²) in [5, 5.41) is 3.02. The molecule has 0 aliphatic heterocycles. The van der Waals surface area contributed by atoms with E-state index in [1.54, 1.807) is 13.8 Å². The lowest BCUT2D eigenvalue weighted by Crippen LogP contribution is -2.35. The predicted octanol–water partition coefficient (Wildman–Crippen LogP) is 2.87. The van der Waals surface area contributed by atoms with Crippen LogP contribution in [0.1, 0.15) is 25.8 Å². The molecule has 1 aromatic carbocycles. The first-order chi connectivity index (χ1) is 9.49. The van der Waals surface area contributed by atoms with Crippen LogP contribution in [0.25, 0.3) is 0 Å². The molecule has 1 aromatic rings. The highest BCUT2D eigenvalue weighted by Gasteiger charge is 2.26. The van der Waals surface area contributed by atoms with Gasteiger partial charge in [0.15, 0.2) is 11.8 Å². The van der Waals surface area contributed by atoms with Crippen molar-refractivity contribution >= 4 is 17.4 Å². The second-order valence-corrected chi connectivity index (χ2v) is 4.50. The van der Waals surface area contributed by atoms with Gasteiger partial charge in [-0.15, -0.1) is 0 Å². The molecule has 0 saturated carbocycles. The molecule has 20 heavy (non-hydrogen) atoms. The van der Waals surface area contributed by atoms with Crippen molar-refractivity contribution in [2.75, 3.05) is 11.9 Å². The maximum absolute atomic E-state index is 12.0. The third-order valence-corrected chi connectivity index (χ3v) is 2.88. The molecule has 0 amide bonds. The smallest absolute Gasteiger partial charge is 0.333 e. The molecule has 108 valence electrons. The lowest BCUT2D eigenvalue weighted by molar-refractivity contribution is -0.143. The monoisotopic (exact) mass is 275 g/mol. The van der Waals surface area contributed by atoms with Crippen LogP contribution in [0.2, 0.25) is 0 Å². The summed E-state index contributed by atoms with van der Waals surface area (Å²) in [6.45, 7) is 9.42. The van der Waals surface area contributed by atoms with Crippen LogP contribution in [0.3, 0.4) is 0 Å². The van der Waals surface area contributed by atoms with Crippen LogP contribution in [0, 0.1) is 6.92 Å². The maximum Gasteiger partial charge on any atom is 0.333 e. The number of aryl methyl sites for hydroxylation is 1. The summed E-state index contributed by atoms with van der Waals surface area (Å²) in [4.78, 5) is 23.8. The van der Waals surface area contributed by atoms with E-state index < -0.39 is 12.0 Å². The Balaban J connectivity index is 2.96. The Morgan fingerprint density at radius 2 is 2.05 bits per heavy atom. The number of ether oxygens (including phenoxy) is 1. The van der Waals surface area contributed by atoms with Gasteiger partial charge in [-0.2, -0.15) is 0 Å². The van der Waals surface area contributed by atoms with Crippen LogP contribution >= 0.6 is 0 Å². The molecular weight excluding hydrogens is 254 g/mol. The standard InChI is InChI=1S/C16H21NO3/c1-5-14(18)12(4)15(16(19)20-6-2)17-13-9-7-8-11(3)10-13/h7-10,15,17H,4-6H2,1-3H3. The van der Waals surface area contributed by atoms with Crippen molar-refractivity contribution in [3.05, 3.63) is 42.0 Å². The van der Waals surface area contributed by atoms with Gasteiger partial charge in [-0.25, -0.2) is 4.79 Å². The number of ketones is 1. The van der Waals surface area contributed by atoms with Crippen molar-refractivity contribution in [2.24, 2.45) is 0 Å². The number of anilines is 1. The van der Waals surface area contributed by atoms with E-state index in [1.165, 1.54) is 0 Å². The van der Waals surface area contributed by atoms with E-state index in [4.69, 9.17) is 4.74 Å². The number of hydrogen-bond acceptors (Lipinski definition) is 4. The Hall–Kier alpha value is -2.10. The average molecular weight is 275 g/mol. The number of nitrogens with one attached hydrogen (secondary N) is 1. The molecule has 4 nitrogen and oxygen atoms in total. The van der Waals surface area contributed by atoms with E-state index in [2.05, 4.69) is 11.9 Å². The third kappa shape index (κ3) is 4.23. The van der Waals surface area contributed by atoms with Gasteiger partial charge in [0, 0.05) is 17.7 Å². The van der Waals surface area contributed by atoms with E-state index >= 15 is 0 Å². The summed E-state index contributed by atoms with van der Waals surface area (Å²) in [5.74, 6) is -0.635. The topological polar surface area (TPSA) is 55.4 Å². The molecule has 0 saturated heterocycles.